The van der Waals surface area contributed by atoms with Crippen LogP contribution >= 0.6 is 0 Å². The maximum absolute atomic E-state index is 12.8. The van der Waals surface area contributed by atoms with Gasteiger partial charge in [-0.2, -0.15) is 0 Å². The average Bonchev–Trinajstić information content (AvgIpc) is 2.73. The molecule has 0 spiro atoms. The molecule has 2 aromatic carbocycles. The second kappa shape index (κ2) is 12.2. The highest BCUT2D eigenvalue weighted by molar-refractivity contribution is 6.07. The summed E-state index contributed by atoms with van der Waals surface area (Å²) < 4.78 is 17.5. The van der Waals surface area contributed by atoms with Crippen LogP contribution in [0.15, 0.2) is 48.5 Å². The molecule has 0 aromatic heterocycles. The normalized spacial score (nSPS) is 11.5. The molecule has 0 radical (unpaired) electrons. The van der Waals surface area contributed by atoms with Crippen molar-refractivity contribution in [3.63, 3.8) is 0 Å². The Morgan fingerprint density at radius 3 is 1.97 bits per heavy atom. The standard InChI is InChI=1S/C27H36O4/c1-19(2)16-29-24-9-7-8-22(14-24)26(28)12-10-23-15-25(30-17-20(3)4)11-13-27(23)31-18-21(5)6/h7-15,19-21H,16-18H2,1-6H3. The second-order valence-corrected chi connectivity index (χ2v) is 9.04. The Morgan fingerprint density at radius 2 is 1.35 bits per heavy atom. The van der Waals surface area contributed by atoms with Crippen molar-refractivity contribution >= 4 is 11.9 Å². The molecule has 0 N–H and O–H groups in total. The van der Waals surface area contributed by atoms with E-state index in [-0.39, 0.29) is 5.78 Å². The zero-order valence-electron chi connectivity index (χ0n) is 19.7. The number of ether oxygens (including phenoxy) is 3. The molecule has 0 saturated heterocycles. The van der Waals surface area contributed by atoms with Crippen LogP contribution in [0.3, 0.4) is 0 Å². The molecule has 0 atom stereocenters. The van der Waals surface area contributed by atoms with E-state index < -0.39 is 0 Å². The lowest BCUT2D eigenvalue weighted by Crippen LogP contribution is -2.07. The Kier molecular flexibility index (Phi) is 9.64. The predicted octanol–water partition coefficient (Wildman–Crippen LogP) is 6.69. The van der Waals surface area contributed by atoms with Crippen LogP contribution in [0.25, 0.3) is 6.08 Å². The third-order valence-electron chi connectivity index (χ3n) is 4.25. The summed E-state index contributed by atoms with van der Waals surface area (Å²) in [4.78, 5) is 12.8. The average molecular weight is 425 g/mol. The van der Waals surface area contributed by atoms with E-state index in [0.29, 0.717) is 48.9 Å². The molecule has 4 heteroatoms. The maximum Gasteiger partial charge on any atom is 0.185 e. The monoisotopic (exact) mass is 424 g/mol. The highest BCUT2D eigenvalue weighted by atomic mass is 16.5. The smallest absolute Gasteiger partial charge is 0.185 e. The summed E-state index contributed by atoms with van der Waals surface area (Å²) in [5.41, 5.74) is 1.41. The van der Waals surface area contributed by atoms with E-state index in [0.717, 1.165) is 17.1 Å². The molecule has 0 fully saturated rings. The fourth-order valence-corrected chi connectivity index (χ4v) is 2.66. The summed E-state index contributed by atoms with van der Waals surface area (Å²) in [6.07, 6.45) is 3.37. The number of carbonyl (C=O) groups is 1. The Labute approximate surface area is 187 Å². The van der Waals surface area contributed by atoms with Gasteiger partial charge in [-0.25, -0.2) is 0 Å². The van der Waals surface area contributed by atoms with Crippen LogP contribution in [0, 0.1) is 17.8 Å². The summed E-state index contributed by atoms with van der Waals surface area (Å²) in [5.74, 6) is 3.39. The van der Waals surface area contributed by atoms with Crippen molar-refractivity contribution in [1.82, 2.24) is 0 Å². The van der Waals surface area contributed by atoms with Crippen LogP contribution in [0.4, 0.5) is 0 Å². The highest BCUT2D eigenvalue weighted by Crippen LogP contribution is 2.27. The lowest BCUT2D eigenvalue weighted by atomic mass is 10.1. The van der Waals surface area contributed by atoms with E-state index in [1.165, 1.54) is 0 Å². The van der Waals surface area contributed by atoms with Crippen molar-refractivity contribution in [1.29, 1.82) is 0 Å². The van der Waals surface area contributed by atoms with Gasteiger partial charge in [0.25, 0.3) is 0 Å². The summed E-state index contributed by atoms with van der Waals surface area (Å²) in [6, 6.07) is 13.0. The SMILES string of the molecule is CC(C)COc1cccc(C(=O)C=Cc2cc(OCC(C)C)ccc2OCC(C)C)c1. The Hall–Kier alpha value is -2.75. The summed E-state index contributed by atoms with van der Waals surface area (Å²) in [6.45, 7) is 14.5. The Morgan fingerprint density at radius 1 is 0.774 bits per heavy atom. The van der Waals surface area contributed by atoms with E-state index in [1.54, 1.807) is 24.3 Å². The number of hydrogen-bond donors (Lipinski definition) is 0. The fraction of sp³-hybridized carbons (Fsp3) is 0.444. The van der Waals surface area contributed by atoms with Crippen molar-refractivity contribution in [2.24, 2.45) is 17.8 Å². The zero-order chi connectivity index (χ0) is 22.8. The summed E-state index contributed by atoms with van der Waals surface area (Å²) in [5, 5.41) is 0. The number of benzene rings is 2. The van der Waals surface area contributed by atoms with Crippen LogP contribution in [-0.2, 0) is 0 Å². The van der Waals surface area contributed by atoms with Crippen molar-refractivity contribution in [3.8, 4) is 17.2 Å². The summed E-state index contributed by atoms with van der Waals surface area (Å²) >= 11 is 0. The van der Waals surface area contributed by atoms with E-state index in [9.17, 15) is 4.79 Å². The third-order valence-corrected chi connectivity index (χ3v) is 4.25. The number of hydrogen-bond acceptors (Lipinski definition) is 4. The van der Waals surface area contributed by atoms with Gasteiger partial charge in [-0.3, -0.25) is 4.79 Å². The van der Waals surface area contributed by atoms with Gasteiger partial charge in [-0.15, -0.1) is 0 Å². The third kappa shape index (κ3) is 8.87. The van der Waals surface area contributed by atoms with Crippen LogP contribution in [0.2, 0.25) is 0 Å². The number of carbonyl (C=O) groups excluding carboxylic acids is 1. The highest BCUT2D eigenvalue weighted by Gasteiger charge is 2.09. The van der Waals surface area contributed by atoms with E-state index in [4.69, 9.17) is 14.2 Å². The lowest BCUT2D eigenvalue weighted by Gasteiger charge is -2.14. The van der Waals surface area contributed by atoms with Gasteiger partial charge < -0.3 is 14.2 Å². The Balaban J connectivity index is 2.20. The molecule has 0 aliphatic rings. The van der Waals surface area contributed by atoms with E-state index in [1.807, 2.05) is 30.3 Å². The first-order valence-electron chi connectivity index (χ1n) is 11.1. The lowest BCUT2D eigenvalue weighted by molar-refractivity contribution is 0.104. The van der Waals surface area contributed by atoms with Crippen LogP contribution in [-0.4, -0.2) is 25.6 Å². The minimum Gasteiger partial charge on any atom is -0.493 e. The number of allylic oxidation sites excluding steroid dienone is 1. The van der Waals surface area contributed by atoms with Crippen LogP contribution < -0.4 is 14.2 Å². The van der Waals surface area contributed by atoms with Crippen molar-refractivity contribution < 1.29 is 19.0 Å². The van der Waals surface area contributed by atoms with Gasteiger partial charge in [-0.1, -0.05) is 53.7 Å². The first-order valence-corrected chi connectivity index (χ1v) is 11.1. The predicted molar refractivity (Wildman–Crippen MR) is 127 cm³/mol. The quantitative estimate of drug-likeness (QED) is 0.281. The van der Waals surface area contributed by atoms with Crippen molar-refractivity contribution in [2.75, 3.05) is 19.8 Å². The number of rotatable bonds is 12. The molecule has 4 nitrogen and oxygen atoms in total. The first-order chi connectivity index (χ1) is 14.7. The molecule has 2 rings (SSSR count). The van der Waals surface area contributed by atoms with E-state index in [2.05, 4.69) is 41.5 Å². The first kappa shape index (κ1) is 24.5. The van der Waals surface area contributed by atoms with Gasteiger partial charge in [0.15, 0.2) is 5.78 Å². The van der Waals surface area contributed by atoms with Gasteiger partial charge in [-0.05, 0) is 60.2 Å². The van der Waals surface area contributed by atoms with Gasteiger partial charge in [0.2, 0.25) is 0 Å². The van der Waals surface area contributed by atoms with Crippen LogP contribution in [0.5, 0.6) is 17.2 Å². The Bertz CT molecular complexity index is 865. The van der Waals surface area contributed by atoms with Gasteiger partial charge in [0.05, 0.1) is 19.8 Å². The second-order valence-electron chi connectivity index (χ2n) is 9.04. The molecule has 0 unspecified atom stereocenters. The molecule has 0 bridgehead atoms. The van der Waals surface area contributed by atoms with Crippen molar-refractivity contribution in [3.05, 3.63) is 59.7 Å². The largest absolute Gasteiger partial charge is 0.493 e. The zero-order valence-corrected chi connectivity index (χ0v) is 19.7. The summed E-state index contributed by atoms with van der Waals surface area (Å²) in [7, 11) is 0. The molecule has 31 heavy (non-hydrogen) atoms. The molecule has 168 valence electrons. The molecule has 0 aliphatic carbocycles. The topological polar surface area (TPSA) is 44.8 Å². The van der Waals surface area contributed by atoms with E-state index >= 15 is 0 Å². The van der Waals surface area contributed by atoms with Crippen molar-refractivity contribution in [2.45, 2.75) is 41.5 Å². The van der Waals surface area contributed by atoms with Gasteiger partial charge in [0, 0.05) is 11.1 Å². The fourth-order valence-electron chi connectivity index (χ4n) is 2.66. The van der Waals surface area contributed by atoms with Crippen LogP contribution in [0.1, 0.15) is 57.5 Å². The minimum atomic E-state index is -0.0849. The minimum absolute atomic E-state index is 0.0849. The van der Waals surface area contributed by atoms with Gasteiger partial charge >= 0.3 is 0 Å². The maximum atomic E-state index is 12.8. The molecular formula is C27H36O4. The van der Waals surface area contributed by atoms with Gasteiger partial charge in [0.1, 0.15) is 17.2 Å². The molecule has 0 heterocycles. The number of ketones is 1. The molecule has 0 saturated carbocycles. The molecular weight excluding hydrogens is 388 g/mol. The molecule has 2 aromatic rings. The molecule has 0 aliphatic heterocycles. The molecule has 0 amide bonds.